The second kappa shape index (κ2) is 10.6. The topological polar surface area (TPSA) is 85.2 Å². The molecule has 1 aromatic carbocycles. The molecule has 2 aromatic heterocycles. The molecule has 0 saturated carbocycles. The first-order valence-corrected chi connectivity index (χ1v) is 11.8. The number of rotatable bonds is 8. The van der Waals surface area contributed by atoms with Gasteiger partial charge >= 0.3 is 0 Å². The summed E-state index contributed by atoms with van der Waals surface area (Å²) in [5, 5.41) is 11.7. The molecule has 1 aliphatic heterocycles. The number of carbonyl (C=O) groups excluding carboxylic acids is 1. The number of nitrogens with one attached hydrogen (secondary N) is 1. The number of piperidine rings is 1. The van der Waals surface area contributed by atoms with E-state index in [0.717, 1.165) is 26.1 Å². The van der Waals surface area contributed by atoms with E-state index in [4.69, 9.17) is 4.74 Å². The number of nitrogens with zero attached hydrogens (tertiary/aromatic N) is 5. The van der Waals surface area contributed by atoms with Crippen molar-refractivity contribution in [3.63, 3.8) is 0 Å². The van der Waals surface area contributed by atoms with Crippen molar-refractivity contribution < 1.29 is 18.3 Å². The molecule has 0 amide bonds. The number of halogens is 2. The van der Waals surface area contributed by atoms with Gasteiger partial charge in [0.25, 0.3) is 0 Å². The van der Waals surface area contributed by atoms with Crippen LogP contribution in [0, 0.1) is 18.7 Å². The fraction of sp³-hybridized carbons (Fsp3) is 0.440. The fourth-order valence-electron chi connectivity index (χ4n) is 4.42. The SMILES string of the molecule is CCO[C@@H]1CN(CC)CC[C@@H]1Nc1cnc(F)c(-c2cn(-c3cc(C(C)=O)c(F)cc3C)nn2)c1. The summed E-state index contributed by atoms with van der Waals surface area (Å²) in [6, 6.07) is 4.43. The number of benzene rings is 1. The van der Waals surface area contributed by atoms with E-state index in [0.29, 0.717) is 23.5 Å². The zero-order valence-corrected chi connectivity index (χ0v) is 20.4. The number of aryl methyl sites for hydroxylation is 1. The Bertz CT molecular complexity index is 1210. The van der Waals surface area contributed by atoms with Crippen LogP contribution in [0.2, 0.25) is 0 Å². The molecular weight excluding hydrogens is 454 g/mol. The summed E-state index contributed by atoms with van der Waals surface area (Å²) in [5.41, 5.74) is 2.13. The van der Waals surface area contributed by atoms with E-state index in [9.17, 15) is 13.6 Å². The molecule has 2 atom stereocenters. The predicted molar refractivity (Wildman–Crippen MR) is 129 cm³/mol. The van der Waals surface area contributed by atoms with E-state index >= 15 is 0 Å². The number of carbonyl (C=O) groups is 1. The molecule has 3 aromatic rings. The highest BCUT2D eigenvalue weighted by atomic mass is 19.1. The number of hydrogen-bond donors (Lipinski definition) is 1. The number of hydrogen-bond acceptors (Lipinski definition) is 7. The smallest absolute Gasteiger partial charge is 0.222 e. The lowest BCUT2D eigenvalue weighted by Gasteiger charge is -2.38. The van der Waals surface area contributed by atoms with E-state index in [-0.39, 0.29) is 29.0 Å². The van der Waals surface area contributed by atoms with E-state index < -0.39 is 17.5 Å². The van der Waals surface area contributed by atoms with Crippen LogP contribution in [-0.4, -0.2) is 69.0 Å². The zero-order chi connectivity index (χ0) is 25.1. The number of anilines is 1. The van der Waals surface area contributed by atoms with Gasteiger partial charge in [-0.15, -0.1) is 5.10 Å². The maximum atomic E-state index is 14.7. The minimum atomic E-state index is -0.676. The molecule has 4 rings (SSSR count). The molecule has 0 spiro atoms. The molecule has 10 heteroatoms. The number of Topliss-reactive ketones (excluding diaryl/α,β-unsaturated/α-hetero) is 1. The lowest BCUT2D eigenvalue weighted by molar-refractivity contribution is -0.000768. The second-order valence-corrected chi connectivity index (χ2v) is 8.71. The number of likely N-dealkylation sites (tertiary alicyclic amines) is 1. The molecule has 8 nitrogen and oxygen atoms in total. The zero-order valence-electron chi connectivity index (χ0n) is 20.4. The van der Waals surface area contributed by atoms with Gasteiger partial charge in [-0.3, -0.25) is 4.79 Å². The summed E-state index contributed by atoms with van der Waals surface area (Å²) in [6.45, 7) is 10.5. The summed E-state index contributed by atoms with van der Waals surface area (Å²) in [6.07, 6.45) is 3.90. The summed E-state index contributed by atoms with van der Waals surface area (Å²) in [5.74, 6) is -1.67. The standard InChI is InChI=1S/C25H30F2N6O2/c1-5-32-8-7-21(24(14-32)35-6-2)29-17-10-19(25(27)28-12-17)22-13-33(31-30-22)23-11-18(16(4)34)20(26)9-15(23)3/h9-13,21,24,29H,5-8,14H2,1-4H3/t21-,24+/m0/s1. The van der Waals surface area contributed by atoms with Crippen LogP contribution in [0.15, 0.2) is 30.6 Å². The van der Waals surface area contributed by atoms with Gasteiger partial charge in [-0.25, -0.2) is 14.1 Å². The Morgan fingerprint density at radius 2 is 2.06 bits per heavy atom. The van der Waals surface area contributed by atoms with Crippen LogP contribution in [0.25, 0.3) is 16.9 Å². The van der Waals surface area contributed by atoms with Crippen LogP contribution in [0.3, 0.4) is 0 Å². The average Bonchev–Trinajstić information content (AvgIpc) is 3.31. The first kappa shape index (κ1) is 24.9. The van der Waals surface area contributed by atoms with Gasteiger partial charge in [-0.2, -0.15) is 4.39 Å². The number of likely N-dealkylation sites (N-methyl/N-ethyl adjacent to an activating group) is 1. The molecule has 1 N–H and O–H groups in total. The Balaban J connectivity index is 1.60. The first-order chi connectivity index (χ1) is 16.8. The van der Waals surface area contributed by atoms with Crippen molar-refractivity contribution in [1.29, 1.82) is 0 Å². The summed E-state index contributed by atoms with van der Waals surface area (Å²) in [4.78, 5) is 18.0. The number of pyridine rings is 1. The molecule has 0 bridgehead atoms. The Morgan fingerprint density at radius 1 is 1.26 bits per heavy atom. The minimum Gasteiger partial charge on any atom is -0.378 e. The van der Waals surface area contributed by atoms with Gasteiger partial charge in [0.15, 0.2) is 5.78 Å². The number of ketones is 1. The lowest BCUT2D eigenvalue weighted by atomic mass is 10.0. The number of ether oxygens (including phenoxy) is 1. The van der Waals surface area contributed by atoms with Gasteiger partial charge in [0.1, 0.15) is 11.5 Å². The molecule has 1 saturated heterocycles. The minimum absolute atomic E-state index is 0.0139. The van der Waals surface area contributed by atoms with Crippen molar-refractivity contribution in [2.45, 2.75) is 46.3 Å². The van der Waals surface area contributed by atoms with Crippen molar-refractivity contribution in [3.8, 4) is 16.9 Å². The summed E-state index contributed by atoms with van der Waals surface area (Å²) >= 11 is 0. The van der Waals surface area contributed by atoms with Crippen molar-refractivity contribution >= 4 is 11.5 Å². The van der Waals surface area contributed by atoms with Crippen molar-refractivity contribution in [3.05, 3.63) is 53.5 Å². The molecule has 0 unspecified atom stereocenters. The molecule has 1 aliphatic rings. The lowest BCUT2D eigenvalue weighted by Crippen LogP contribution is -2.50. The molecule has 35 heavy (non-hydrogen) atoms. The quantitative estimate of drug-likeness (QED) is 0.382. The highest BCUT2D eigenvalue weighted by Gasteiger charge is 2.29. The highest BCUT2D eigenvalue weighted by molar-refractivity contribution is 5.95. The highest BCUT2D eigenvalue weighted by Crippen LogP contribution is 2.27. The van der Waals surface area contributed by atoms with Gasteiger partial charge in [0.2, 0.25) is 5.95 Å². The normalized spacial score (nSPS) is 18.6. The van der Waals surface area contributed by atoms with Gasteiger partial charge in [0, 0.05) is 19.7 Å². The molecule has 0 aliphatic carbocycles. The van der Waals surface area contributed by atoms with E-state index in [2.05, 4.69) is 32.4 Å². The Labute approximate surface area is 203 Å². The van der Waals surface area contributed by atoms with E-state index in [1.165, 1.54) is 36.1 Å². The Hall–Kier alpha value is -3.24. The van der Waals surface area contributed by atoms with E-state index in [1.807, 2.05) is 6.92 Å². The maximum Gasteiger partial charge on any atom is 0.222 e. The van der Waals surface area contributed by atoms with Crippen molar-refractivity contribution in [2.75, 3.05) is 31.6 Å². The first-order valence-electron chi connectivity index (χ1n) is 11.8. The monoisotopic (exact) mass is 484 g/mol. The Morgan fingerprint density at radius 3 is 2.77 bits per heavy atom. The van der Waals surface area contributed by atoms with Crippen LogP contribution in [0.5, 0.6) is 0 Å². The van der Waals surface area contributed by atoms with Crippen molar-refractivity contribution in [2.24, 2.45) is 0 Å². The fourth-order valence-corrected chi connectivity index (χ4v) is 4.42. The molecule has 3 heterocycles. The summed E-state index contributed by atoms with van der Waals surface area (Å²) in [7, 11) is 0. The largest absolute Gasteiger partial charge is 0.378 e. The molecule has 1 fully saturated rings. The Kier molecular flexibility index (Phi) is 7.51. The van der Waals surface area contributed by atoms with Crippen LogP contribution in [0.4, 0.5) is 14.5 Å². The average molecular weight is 485 g/mol. The molecule has 0 radical (unpaired) electrons. The molecule has 186 valence electrons. The molecular formula is C25H30F2N6O2. The third kappa shape index (κ3) is 5.38. The van der Waals surface area contributed by atoms with Gasteiger partial charge in [-0.1, -0.05) is 12.1 Å². The van der Waals surface area contributed by atoms with Gasteiger partial charge in [0.05, 0.1) is 47.0 Å². The predicted octanol–water partition coefficient (Wildman–Crippen LogP) is 4.03. The van der Waals surface area contributed by atoms with Gasteiger partial charge < -0.3 is 15.0 Å². The third-order valence-corrected chi connectivity index (χ3v) is 6.34. The third-order valence-electron chi connectivity index (χ3n) is 6.34. The van der Waals surface area contributed by atoms with Crippen molar-refractivity contribution in [1.82, 2.24) is 24.9 Å². The van der Waals surface area contributed by atoms with E-state index in [1.54, 1.807) is 13.0 Å². The van der Waals surface area contributed by atoms with Crippen LogP contribution in [0.1, 0.15) is 43.1 Å². The van der Waals surface area contributed by atoms with Crippen LogP contribution in [-0.2, 0) is 4.74 Å². The van der Waals surface area contributed by atoms with Crippen LogP contribution < -0.4 is 5.32 Å². The maximum absolute atomic E-state index is 14.7. The van der Waals surface area contributed by atoms with Crippen LogP contribution >= 0.6 is 0 Å². The summed E-state index contributed by atoms with van der Waals surface area (Å²) < 4.78 is 36.2. The number of aromatic nitrogens is 4. The second-order valence-electron chi connectivity index (χ2n) is 8.71. The van der Waals surface area contributed by atoms with Gasteiger partial charge in [-0.05, 0) is 57.5 Å².